The molecule has 0 aliphatic carbocycles. The first-order chi connectivity index (χ1) is 11.7. The molecule has 3 rings (SSSR count). The van der Waals surface area contributed by atoms with Crippen LogP contribution in [-0.2, 0) is 0 Å². The summed E-state index contributed by atoms with van der Waals surface area (Å²) in [6.07, 6.45) is 4.92. The van der Waals surface area contributed by atoms with E-state index in [2.05, 4.69) is 28.2 Å². The number of nitrogens with zero attached hydrogens (tertiary/aromatic N) is 2. The summed E-state index contributed by atoms with van der Waals surface area (Å²) in [7, 11) is 1.72. The molecular formula is C19H24ClN3O. The maximum atomic E-state index is 6.32. The molecule has 4 nitrogen and oxygen atoms in total. The lowest BCUT2D eigenvalue weighted by molar-refractivity contribution is 0.235. The Kier molecular flexibility index (Phi) is 5.72. The van der Waals surface area contributed by atoms with Crippen molar-refractivity contribution in [3.63, 3.8) is 0 Å². The minimum Gasteiger partial charge on any atom is -0.496 e. The van der Waals surface area contributed by atoms with E-state index in [1.807, 2.05) is 30.6 Å². The number of ether oxygens (including phenoxy) is 1. The van der Waals surface area contributed by atoms with E-state index in [0.29, 0.717) is 0 Å². The van der Waals surface area contributed by atoms with Gasteiger partial charge < -0.3 is 10.1 Å². The molecule has 1 N–H and O–H groups in total. The zero-order valence-electron chi connectivity index (χ0n) is 14.3. The zero-order chi connectivity index (χ0) is 16.9. The van der Waals surface area contributed by atoms with Crippen LogP contribution in [0.4, 0.5) is 0 Å². The lowest BCUT2D eigenvalue weighted by Gasteiger charge is -2.33. The average molecular weight is 346 g/mol. The standard InChI is InChI=1S/C19H24ClN3O/c1-14-13-22-8-6-16(14)19(23-10-3-7-21-9-11-23)17-12-15(20)4-5-18(17)24-2/h4-6,8,12-13,19,21H,3,7,9-11H2,1-2H3. The van der Waals surface area contributed by atoms with Crippen LogP contribution in [0.25, 0.3) is 0 Å². The van der Waals surface area contributed by atoms with Gasteiger partial charge in [0.25, 0.3) is 0 Å². The average Bonchev–Trinajstić information content (AvgIpc) is 2.86. The number of hydrogen-bond donors (Lipinski definition) is 1. The minimum absolute atomic E-state index is 0.113. The lowest BCUT2D eigenvalue weighted by Crippen LogP contribution is -2.33. The van der Waals surface area contributed by atoms with Gasteiger partial charge in [-0.15, -0.1) is 0 Å². The number of pyridine rings is 1. The highest BCUT2D eigenvalue weighted by atomic mass is 35.5. The fraction of sp³-hybridized carbons (Fsp3) is 0.421. The minimum atomic E-state index is 0.113. The fourth-order valence-corrected chi connectivity index (χ4v) is 3.58. The predicted octanol–water partition coefficient (Wildman–Crippen LogP) is 3.44. The highest BCUT2D eigenvalue weighted by Gasteiger charge is 2.27. The highest BCUT2D eigenvalue weighted by molar-refractivity contribution is 6.30. The molecule has 128 valence electrons. The molecule has 0 bridgehead atoms. The summed E-state index contributed by atoms with van der Waals surface area (Å²) in [4.78, 5) is 6.77. The molecule has 1 unspecified atom stereocenters. The number of aromatic nitrogens is 1. The Morgan fingerprint density at radius 3 is 2.88 bits per heavy atom. The molecule has 0 saturated carbocycles. The molecule has 0 spiro atoms. The van der Waals surface area contributed by atoms with Crippen molar-refractivity contribution in [1.29, 1.82) is 0 Å². The van der Waals surface area contributed by atoms with E-state index in [0.717, 1.165) is 48.9 Å². The van der Waals surface area contributed by atoms with Crippen molar-refractivity contribution in [1.82, 2.24) is 15.2 Å². The Labute approximate surface area is 148 Å². The molecule has 0 radical (unpaired) electrons. The maximum Gasteiger partial charge on any atom is 0.124 e. The summed E-state index contributed by atoms with van der Waals surface area (Å²) in [5.41, 5.74) is 3.55. The number of hydrogen-bond acceptors (Lipinski definition) is 4. The lowest BCUT2D eigenvalue weighted by atomic mass is 9.93. The van der Waals surface area contributed by atoms with Gasteiger partial charge in [0.1, 0.15) is 5.75 Å². The van der Waals surface area contributed by atoms with Crippen LogP contribution < -0.4 is 10.1 Å². The van der Waals surface area contributed by atoms with Gasteiger partial charge in [-0.1, -0.05) is 11.6 Å². The molecule has 0 amide bonds. The van der Waals surface area contributed by atoms with E-state index in [1.54, 1.807) is 7.11 Å². The van der Waals surface area contributed by atoms with E-state index in [9.17, 15) is 0 Å². The fourth-order valence-electron chi connectivity index (χ4n) is 3.40. The van der Waals surface area contributed by atoms with Crippen molar-refractivity contribution in [2.45, 2.75) is 19.4 Å². The van der Waals surface area contributed by atoms with E-state index in [4.69, 9.17) is 16.3 Å². The van der Waals surface area contributed by atoms with E-state index in [-0.39, 0.29) is 6.04 Å². The Bertz CT molecular complexity index is 684. The first kappa shape index (κ1) is 17.2. The van der Waals surface area contributed by atoms with Gasteiger partial charge in [0, 0.05) is 42.6 Å². The summed E-state index contributed by atoms with van der Waals surface area (Å²) in [6, 6.07) is 8.09. The third kappa shape index (κ3) is 3.72. The quantitative estimate of drug-likeness (QED) is 0.921. The second-order valence-electron chi connectivity index (χ2n) is 6.16. The number of methoxy groups -OCH3 is 1. The van der Waals surface area contributed by atoms with Crippen molar-refractivity contribution in [3.8, 4) is 5.75 Å². The maximum absolute atomic E-state index is 6.32. The number of aryl methyl sites for hydroxylation is 1. The SMILES string of the molecule is COc1ccc(Cl)cc1C(c1ccncc1C)N1CCCNCC1. The highest BCUT2D eigenvalue weighted by Crippen LogP contribution is 2.37. The largest absolute Gasteiger partial charge is 0.496 e. The molecule has 1 atom stereocenters. The topological polar surface area (TPSA) is 37.4 Å². The summed E-state index contributed by atoms with van der Waals surface area (Å²) in [5, 5.41) is 4.21. The molecule has 1 aromatic carbocycles. The van der Waals surface area contributed by atoms with Crippen LogP contribution in [-0.4, -0.2) is 43.2 Å². The molecule has 24 heavy (non-hydrogen) atoms. The number of benzene rings is 1. The van der Waals surface area contributed by atoms with Gasteiger partial charge in [-0.25, -0.2) is 0 Å². The number of rotatable bonds is 4. The molecule has 5 heteroatoms. The van der Waals surface area contributed by atoms with Crippen LogP contribution in [0.3, 0.4) is 0 Å². The Balaban J connectivity index is 2.11. The monoisotopic (exact) mass is 345 g/mol. The van der Waals surface area contributed by atoms with Crippen LogP contribution >= 0.6 is 11.6 Å². The van der Waals surface area contributed by atoms with Crippen molar-refractivity contribution < 1.29 is 4.74 Å². The Morgan fingerprint density at radius 1 is 1.21 bits per heavy atom. The molecule has 1 aromatic heterocycles. The van der Waals surface area contributed by atoms with E-state index >= 15 is 0 Å². The van der Waals surface area contributed by atoms with E-state index in [1.165, 1.54) is 11.1 Å². The first-order valence-electron chi connectivity index (χ1n) is 8.39. The van der Waals surface area contributed by atoms with Gasteiger partial charge in [0.15, 0.2) is 0 Å². The van der Waals surface area contributed by atoms with Gasteiger partial charge >= 0.3 is 0 Å². The summed E-state index contributed by atoms with van der Waals surface area (Å²) < 4.78 is 5.65. The van der Waals surface area contributed by atoms with Crippen molar-refractivity contribution >= 4 is 11.6 Å². The third-order valence-electron chi connectivity index (χ3n) is 4.58. The third-order valence-corrected chi connectivity index (χ3v) is 4.82. The molecule has 1 aliphatic heterocycles. The molecular weight excluding hydrogens is 322 g/mol. The Morgan fingerprint density at radius 2 is 2.08 bits per heavy atom. The molecule has 1 saturated heterocycles. The van der Waals surface area contributed by atoms with Crippen molar-refractivity contribution in [2.75, 3.05) is 33.3 Å². The second-order valence-corrected chi connectivity index (χ2v) is 6.60. The number of nitrogens with one attached hydrogen (secondary N) is 1. The molecule has 2 aromatic rings. The van der Waals surface area contributed by atoms with Crippen molar-refractivity contribution in [3.05, 3.63) is 58.4 Å². The van der Waals surface area contributed by atoms with Crippen LogP contribution in [0.2, 0.25) is 5.02 Å². The first-order valence-corrected chi connectivity index (χ1v) is 8.77. The van der Waals surface area contributed by atoms with Crippen molar-refractivity contribution in [2.24, 2.45) is 0 Å². The van der Waals surface area contributed by atoms with Crippen LogP contribution in [0, 0.1) is 6.92 Å². The van der Waals surface area contributed by atoms with Gasteiger partial charge in [-0.3, -0.25) is 9.88 Å². The summed E-state index contributed by atoms with van der Waals surface area (Å²) in [6.45, 7) is 6.19. The second kappa shape index (κ2) is 7.97. The van der Waals surface area contributed by atoms with Gasteiger partial charge in [-0.2, -0.15) is 0 Å². The Hall–Kier alpha value is -1.62. The molecule has 1 fully saturated rings. The predicted molar refractivity (Wildman–Crippen MR) is 97.9 cm³/mol. The smallest absolute Gasteiger partial charge is 0.124 e. The summed E-state index contributed by atoms with van der Waals surface area (Å²) in [5.74, 6) is 0.873. The number of halogens is 1. The summed E-state index contributed by atoms with van der Waals surface area (Å²) >= 11 is 6.32. The van der Waals surface area contributed by atoms with Crippen LogP contribution in [0.15, 0.2) is 36.7 Å². The van der Waals surface area contributed by atoms with E-state index < -0.39 is 0 Å². The van der Waals surface area contributed by atoms with Gasteiger partial charge in [0.05, 0.1) is 13.2 Å². The molecule has 2 heterocycles. The van der Waals surface area contributed by atoms with Gasteiger partial charge in [0.2, 0.25) is 0 Å². The normalized spacial score (nSPS) is 17.3. The van der Waals surface area contributed by atoms with Crippen LogP contribution in [0.5, 0.6) is 5.75 Å². The zero-order valence-corrected chi connectivity index (χ0v) is 15.0. The van der Waals surface area contributed by atoms with Crippen LogP contribution in [0.1, 0.15) is 29.2 Å². The molecule has 1 aliphatic rings. The van der Waals surface area contributed by atoms with Gasteiger partial charge in [-0.05, 0) is 55.3 Å².